The van der Waals surface area contributed by atoms with Gasteiger partial charge in [-0.2, -0.15) is 0 Å². The summed E-state index contributed by atoms with van der Waals surface area (Å²) >= 11 is 2.20. The van der Waals surface area contributed by atoms with Crippen molar-refractivity contribution in [2.45, 2.75) is 13.8 Å². The third-order valence-electron chi connectivity index (χ3n) is 1.74. The minimum absolute atomic E-state index is 0. The highest BCUT2D eigenvalue weighted by atomic mass is 127. The molecule has 82 valence electrons. The molecule has 0 heterocycles. The normalized spacial score (nSPS) is 11.5. The van der Waals surface area contributed by atoms with Crippen LogP contribution in [0.3, 0.4) is 0 Å². The van der Waals surface area contributed by atoms with Gasteiger partial charge in [-0.05, 0) is 19.4 Å². The Labute approximate surface area is 106 Å². The number of quaternary nitrogens is 1. The van der Waals surface area contributed by atoms with E-state index < -0.39 is 0 Å². The molecule has 4 heteroatoms. The second-order valence-electron chi connectivity index (χ2n) is 3.96. The van der Waals surface area contributed by atoms with Crippen LogP contribution in [-0.4, -0.2) is 50.2 Å². The van der Waals surface area contributed by atoms with Crippen LogP contribution in [0.2, 0.25) is 0 Å². The molecule has 13 heavy (non-hydrogen) atoms. The highest BCUT2D eigenvalue weighted by molar-refractivity contribution is 8.55. The summed E-state index contributed by atoms with van der Waals surface area (Å²) in [5.74, 6) is 1.33. The van der Waals surface area contributed by atoms with Gasteiger partial charge < -0.3 is 28.5 Å². The van der Waals surface area contributed by atoms with Crippen LogP contribution in [0.15, 0.2) is 0 Å². The van der Waals surface area contributed by atoms with Crippen LogP contribution >= 0.6 is 18.5 Å². The van der Waals surface area contributed by atoms with E-state index in [9.17, 15) is 0 Å². The summed E-state index contributed by atoms with van der Waals surface area (Å²) < 4.78 is 1.10. The first-order valence-electron chi connectivity index (χ1n) is 4.68. The van der Waals surface area contributed by atoms with Gasteiger partial charge in [-0.25, -0.2) is 0 Å². The quantitative estimate of drug-likeness (QED) is 0.370. The van der Waals surface area contributed by atoms with Crippen molar-refractivity contribution >= 4 is 18.5 Å². The topological polar surface area (TPSA) is 0 Å². The van der Waals surface area contributed by atoms with Gasteiger partial charge in [0.25, 0.3) is 0 Å². The molecule has 0 fully saturated rings. The summed E-state index contributed by atoms with van der Waals surface area (Å²) in [6.07, 6.45) is 2.77. The molecule has 0 aliphatic heterocycles. The molecule has 0 amide bonds. The van der Waals surface area contributed by atoms with Crippen molar-refractivity contribution in [1.82, 2.24) is 0 Å². The van der Waals surface area contributed by atoms with E-state index in [1.54, 1.807) is 0 Å². The molecule has 0 rings (SSSR count). The van der Waals surface area contributed by atoms with Crippen molar-refractivity contribution < 1.29 is 28.5 Å². The predicted octanol–water partition coefficient (Wildman–Crippen LogP) is -0.133. The van der Waals surface area contributed by atoms with Gasteiger partial charge in [0, 0.05) is 5.75 Å². The summed E-state index contributed by atoms with van der Waals surface area (Å²) in [7, 11) is 7.09. The Morgan fingerprint density at radius 1 is 1.08 bits per heavy atom. The van der Waals surface area contributed by atoms with E-state index in [2.05, 4.69) is 46.4 Å². The minimum Gasteiger partial charge on any atom is -1.00 e. The van der Waals surface area contributed by atoms with Crippen LogP contribution in [0.25, 0.3) is 0 Å². The van der Waals surface area contributed by atoms with Gasteiger partial charge in [0.2, 0.25) is 0 Å². The zero-order valence-electron chi connectivity index (χ0n) is 9.51. The summed E-state index contributed by atoms with van der Waals surface area (Å²) in [4.78, 5) is 0. The number of rotatable bonds is 6. The third kappa shape index (κ3) is 11.4. The fraction of sp³-hybridized carbons (Fsp3) is 1.00. The molecule has 0 spiro atoms. The highest BCUT2D eigenvalue weighted by Crippen LogP contribution is 2.48. The minimum atomic E-state index is 0. The van der Waals surface area contributed by atoms with E-state index in [0.29, 0.717) is 7.12 Å². The molecular weight excluding hydrogens is 312 g/mol. The van der Waals surface area contributed by atoms with Gasteiger partial charge >= 0.3 is 0 Å². The number of hydrogen-bond donors (Lipinski definition) is 0. The van der Waals surface area contributed by atoms with Crippen LogP contribution < -0.4 is 24.0 Å². The molecular formula is C9H23INPS. The molecule has 1 nitrogen and oxygen atoms in total. The van der Waals surface area contributed by atoms with Gasteiger partial charge in [-0.1, -0.05) is 13.8 Å². The van der Waals surface area contributed by atoms with Crippen LogP contribution in [0, 0.1) is 0 Å². The highest BCUT2D eigenvalue weighted by Gasteiger charge is 2.08. The maximum absolute atomic E-state index is 2.31. The Balaban J connectivity index is 0. The van der Waals surface area contributed by atoms with E-state index in [4.69, 9.17) is 0 Å². The van der Waals surface area contributed by atoms with E-state index in [0.717, 1.165) is 4.48 Å². The van der Waals surface area contributed by atoms with Gasteiger partial charge in [-0.3, -0.25) is 0 Å². The Bertz CT molecular complexity index is 113. The van der Waals surface area contributed by atoms with Gasteiger partial charge in [0.1, 0.15) is 0 Å². The Morgan fingerprint density at radius 2 is 1.54 bits per heavy atom. The van der Waals surface area contributed by atoms with Crippen molar-refractivity contribution in [3.63, 3.8) is 0 Å². The van der Waals surface area contributed by atoms with Crippen LogP contribution in [0.5, 0.6) is 0 Å². The maximum atomic E-state index is 2.31. The smallest absolute Gasteiger partial charge is 0.0875 e. The number of nitrogens with zero attached hydrogens (tertiary/aromatic N) is 1. The summed E-state index contributed by atoms with van der Waals surface area (Å²) in [5, 5.41) is 0. The maximum Gasteiger partial charge on any atom is 0.0875 e. The molecule has 0 saturated heterocycles. The average Bonchev–Trinajstić information content (AvgIpc) is 1.96. The zero-order chi connectivity index (χ0) is 9.61. The Hall–Kier alpha value is 1.47. The molecule has 0 N–H and O–H groups in total. The zero-order valence-corrected chi connectivity index (χ0v) is 13.4. The molecule has 0 bridgehead atoms. The molecule has 0 aromatic rings. The first-order valence-corrected chi connectivity index (χ1v) is 7.98. The second-order valence-corrected chi connectivity index (χ2v) is 9.18. The van der Waals surface area contributed by atoms with E-state index in [1.807, 2.05) is 0 Å². The van der Waals surface area contributed by atoms with Crippen LogP contribution in [-0.2, 0) is 0 Å². The largest absolute Gasteiger partial charge is 1.00 e. The molecule has 0 aliphatic rings. The lowest BCUT2D eigenvalue weighted by molar-refractivity contribution is -0.867. The SMILES string of the molecule is CCP(CC)SCC[N+](C)(C)C.[I-]. The van der Waals surface area contributed by atoms with E-state index >= 15 is 0 Å². The van der Waals surface area contributed by atoms with Crippen LogP contribution in [0.1, 0.15) is 13.8 Å². The molecule has 0 aromatic carbocycles. The van der Waals surface area contributed by atoms with Crippen molar-refractivity contribution in [1.29, 1.82) is 0 Å². The molecule has 0 aromatic heterocycles. The Kier molecular flexibility index (Phi) is 11.4. The third-order valence-corrected chi connectivity index (χ3v) is 7.07. The standard InChI is InChI=1S/C9H23NPS.HI/c1-6-11(7-2)12-9-8-10(3,4)5;/h6-9H2,1-5H3;1H/q+1;/p-1. The molecule has 0 radical (unpaired) electrons. The van der Waals surface area contributed by atoms with E-state index in [-0.39, 0.29) is 24.0 Å². The first-order chi connectivity index (χ1) is 5.49. The molecule has 0 saturated carbocycles. The predicted molar refractivity (Wildman–Crippen MR) is 63.4 cm³/mol. The first kappa shape index (κ1) is 16.9. The molecule has 0 unspecified atom stereocenters. The van der Waals surface area contributed by atoms with Crippen molar-refractivity contribution in [2.75, 3.05) is 45.8 Å². The fourth-order valence-corrected chi connectivity index (χ4v) is 4.66. The molecule has 0 atom stereocenters. The average molecular weight is 335 g/mol. The number of hydrogen-bond acceptors (Lipinski definition) is 1. The summed E-state index contributed by atoms with van der Waals surface area (Å²) in [6.45, 7) is 5.92. The van der Waals surface area contributed by atoms with Crippen LogP contribution in [0.4, 0.5) is 0 Å². The van der Waals surface area contributed by atoms with Crippen molar-refractivity contribution in [2.24, 2.45) is 0 Å². The van der Waals surface area contributed by atoms with Gasteiger partial charge in [0.15, 0.2) is 0 Å². The summed E-state index contributed by atoms with van der Waals surface area (Å²) in [5.41, 5.74) is 0. The van der Waals surface area contributed by atoms with Crippen molar-refractivity contribution in [3.8, 4) is 0 Å². The monoisotopic (exact) mass is 335 g/mol. The lowest BCUT2D eigenvalue weighted by Crippen LogP contribution is -3.00. The van der Waals surface area contributed by atoms with E-state index in [1.165, 1.54) is 24.6 Å². The lowest BCUT2D eigenvalue weighted by atomic mass is 10.6. The van der Waals surface area contributed by atoms with Gasteiger partial charge in [-0.15, -0.1) is 11.4 Å². The molecule has 0 aliphatic carbocycles. The van der Waals surface area contributed by atoms with Gasteiger partial charge in [0.05, 0.1) is 27.7 Å². The number of halogens is 1. The fourth-order valence-electron chi connectivity index (χ4n) is 0.850. The second kappa shape index (κ2) is 8.75. The lowest BCUT2D eigenvalue weighted by Gasteiger charge is -2.24. The van der Waals surface area contributed by atoms with Crippen molar-refractivity contribution in [3.05, 3.63) is 0 Å². The summed E-state index contributed by atoms with van der Waals surface area (Å²) in [6, 6.07) is 0. The Morgan fingerprint density at radius 3 is 1.85 bits per heavy atom.